The number of rotatable bonds is 10. The van der Waals surface area contributed by atoms with Gasteiger partial charge < -0.3 is 37.0 Å². The molecule has 20 aromatic rings. The number of alkyl halides is 3. The van der Waals surface area contributed by atoms with Gasteiger partial charge in [-0.1, -0.05) is 42.0 Å². The summed E-state index contributed by atoms with van der Waals surface area (Å²) >= 11 is 0. The summed E-state index contributed by atoms with van der Waals surface area (Å²) in [6, 6.07) is 76.0. The molecule has 1 N–H and O–H groups in total. The third-order valence-corrected chi connectivity index (χ3v) is 26.9. The first-order chi connectivity index (χ1) is 58.0. The summed E-state index contributed by atoms with van der Waals surface area (Å²) in [5.41, 5.74) is 34.5. The molecule has 4 heterocycles. The second-order valence-corrected chi connectivity index (χ2v) is 35.5. The van der Waals surface area contributed by atoms with Crippen LogP contribution in [0.3, 0.4) is 0 Å². The van der Waals surface area contributed by atoms with E-state index in [2.05, 4.69) is 314 Å². The van der Waals surface area contributed by atoms with E-state index in [0.717, 1.165) is 127 Å². The number of aryl methyl sites for hydroxylation is 13. The topological polar surface area (TPSA) is 114 Å². The molecule has 0 aliphatic carbocycles. The summed E-state index contributed by atoms with van der Waals surface area (Å²) in [6.45, 7) is 41.6. The van der Waals surface area contributed by atoms with Gasteiger partial charge in [-0.05, 0) is 445 Å². The summed E-state index contributed by atoms with van der Waals surface area (Å²) in [5.74, 6) is -0.438. The molecule has 0 saturated heterocycles. The Hall–Kier alpha value is -13.3. The maximum Gasteiger partial charge on any atom is 0.534 e. The molecule has 0 spiro atoms. The van der Waals surface area contributed by atoms with Crippen molar-refractivity contribution in [2.45, 2.75) is 137 Å². The van der Waals surface area contributed by atoms with E-state index in [-0.39, 0.29) is 0 Å². The molecular weight excluding hydrogens is 1540 g/mol. The number of fused-ring (bicyclic) bond motifs is 16. The second kappa shape index (κ2) is 29.8. The molecule has 0 bridgehead atoms. The Morgan fingerprint density at radius 3 is 0.795 bits per heavy atom. The fraction of sp³-hybridized carbons (Fsp3) is 0.185. The van der Waals surface area contributed by atoms with Gasteiger partial charge in [-0.2, -0.15) is 21.6 Å². The largest absolute Gasteiger partial charge is 0.534 e. The van der Waals surface area contributed by atoms with Crippen LogP contribution in [0.25, 0.3) is 131 Å². The number of anilines is 8. The first-order valence-corrected chi connectivity index (χ1v) is 42.7. The molecule has 20 rings (SSSR count). The first-order valence-electron chi connectivity index (χ1n) is 41.3. The lowest BCUT2D eigenvalue weighted by Gasteiger charge is -2.28. The normalized spacial score (nSPS) is 12.1. The highest BCUT2D eigenvalue weighted by molar-refractivity contribution is 7.88. The van der Waals surface area contributed by atoms with Gasteiger partial charge in [0.15, 0.2) is 0 Å². The van der Waals surface area contributed by atoms with Crippen LogP contribution in [0.2, 0.25) is 0 Å². The quantitative estimate of drug-likeness (QED) is 0.105. The summed E-state index contributed by atoms with van der Waals surface area (Å²) in [7, 11) is -5.77. The van der Waals surface area contributed by atoms with Crippen molar-refractivity contribution >= 4 is 186 Å². The first kappa shape index (κ1) is 79.8. The number of furan rings is 4. The molecule has 0 atom stereocenters. The van der Waals surface area contributed by atoms with E-state index in [9.17, 15) is 21.6 Å². The lowest BCUT2D eigenvalue weighted by molar-refractivity contribution is -0.0500. The molecule has 16 aromatic carbocycles. The van der Waals surface area contributed by atoms with Gasteiger partial charge >= 0.3 is 15.6 Å². The molecule has 0 fully saturated rings. The van der Waals surface area contributed by atoms with Crippen LogP contribution >= 0.6 is 0 Å². The van der Waals surface area contributed by atoms with Crippen LogP contribution in [0.5, 0.6) is 5.75 Å². The Labute approximate surface area is 707 Å². The van der Waals surface area contributed by atoms with Crippen LogP contribution in [0, 0.1) is 132 Å². The zero-order valence-electron chi connectivity index (χ0n) is 72.1. The van der Waals surface area contributed by atoms with Gasteiger partial charge in [0.1, 0.15) is 50.4 Å². The van der Waals surface area contributed by atoms with Gasteiger partial charge in [0.25, 0.3) is 0 Å². The molecular formula is C108H94F3N3O7S. The fourth-order valence-electron chi connectivity index (χ4n) is 17.5. The Bertz CT molecular complexity index is 7410. The Kier molecular flexibility index (Phi) is 19.5. The van der Waals surface area contributed by atoms with Gasteiger partial charge in [-0.25, -0.2) is 0 Å². The highest BCUT2D eigenvalue weighted by Crippen LogP contribution is 2.47. The molecule has 0 aliphatic rings. The molecule has 10 nitrogen and oxygen atoms in total. The third-order valence-electron chi connectivity index (χ3n) is 25.9. The molecule has 0 aliphatic heterocycles. The van der Waals surface area contributed by atoms with E-state index in [1.807, 2.05) is 31.2 Å². The van der Waals surface area contributed by atoms with Crippen molar-refractivity contribution in [3.8, 4) is 5.75 Å². The standard InChI is InChI=1S/C62H56N2O2.C28H15F3O5S.C18H23N/c1-33-17-51(18-34(2)41(33)9)63(52-19-35(3)42(10)36(4)20-52)49-15-13-45-27-55-57-31-58-56-28-46-14-16-50(26-48(46)30-60(56)66-62(58)32-61(57)65-59(55)29-47(45)25-49)64(53-21-37(5)43(11)38(6)22-53)54-23-39(7)44(12)40(8)24-54;1-14-2-3-15-8-20-22-12-23-21-9-16-4-5-19(36-37(32,33)28(29,30)31)7-18(16)11-25(21)35-27(23)13-26(22)34-24(20)10-17(15)6-14;1-11-7-17(8-12(2)15(11)5)19-18-9-13(3)16(6)14(4)10-18/h13-32H,1-12H3;2-13H,1H3;7-10,19H,1-6H3. The predicted octanol–water partition coefficient (Wildman–Crippen LogP) is 32.0. The number of hydrogen-bond donors (Lipinski definition) is 1. The van der Waals surface area contributed by atoms with Crippen molar-refractivity contribution in [3.63, 3.8) is 0 Å². The summed E-state index contributed by atoms with van der Waals surface area (Å²) in [5, 5.41) is 19.4. The zero-order chi connectivity index (χ0) is 85.9. The van der Waals surface area contributed by atoms with E-state index in [1.165, 1.54) is 146 Å². The minimum absolute atomic E-state index is 0.438. The van der Waals surface area contributed by atoms with E-state index < -0.39 is 21.4 Å². The lowest BCUT2D eigenvalue weighted by atomic mass is 9.99. The average Bonchev–Trinajstić information content (AvgIpc) is 1.57. The molecule has 14 heteroatoms. The minimum Gasteiger partial charge on any atom is -0.456 e. The monoisotopic (exact) mass is 1630 g/mol. The highest BCUT2D eigenvalue weighted by atomic mass is 32.2. The number of nitrogens with zero attached hydrogens (tertiary/aromatic N) is 2. The molecule has 610 valence electrons. The van der Waals surface area contributed by atoms with Crippen LogP contribution in [0.15, 0.2) is 236 Å². The van der Waals surface area contributed by atoms with Crippen molar-refractivity contribution in [1.82, 2.24) is 0 Å². The molecule has 0 unspecified atom stereocenters. The molecule has 0 radical (unpaired) electrons. The third kappa shape index (κ3) is 14.3. The predicted molar refractivity (Wildman–Crippen MR) is 503 cm³/mol. The summed E-state index contributed by atoms with van der Waals surface area (Å²) in [4.78, 5) is 4.80. The van der Waals surface area contributed by atoms with Crippen LogP contribution in [-0.2, 0) is 10.1 Å². The number of nitrogens with one attached hydrogen (secondary N) is 1. The highest BCUT2D eigenvalue weighted by Gasteiger charge is 2.48. The van der Waals surface area contributed by atoms with Crippen LogP contribution < -0.4 is 19.3 Å². The van der Waals surface area contributed by atoms with Crippen LogP contribution in [0.1, 0.15) is 106 Å². The van der Waals surface area contributed by atoms with E-state index in [0.29, 0.717) is 27.5 Å². The molecule has 122 heavy (non-hydrogen) atoms. The summed E-state index contributed by atoms with van der Waals surface area (Å²) < 4.78 is 90.7. The Morgan fingerprint density at radius 2 is 0.500 bits per heavy atom. The average molecular weight is 1640 g/mol. The van der Waals surface area contributed by atoms with Gasteiger partial charge in [-0.15, -0.1) is 0 Å². The lowest BCUT2D eigenvalue weighted by Crippen LogP contribution is -2.28. The van der Waals surface area contributed by atoms with Gasteiger partial charge in [0.05, 0.1) is 0 Å². The summed E-state index contributed by atoms with van der Waals surface area (Å²) in [6.07, 6.45) is 0. The van der Waals surface area contributed by atoms with E-state index in [1.54, 1.807) is 6.07 Å². The fourth-order valence-corrected chi connectivity index (χ4v) is 17.9. The number of hydrogen-bond acceptors (Lipinski definition) is 10. The van der Waals surface area contributed by atoms with Crippen LogP contribution in [-0.4, -0.2) is 13.9 Å². The van der Waals surface area contributed by atoms with Crippen molar-refractivity contribution < 1.29 is 43.4 Å². The SMILES string of the molecule is Cc1cc(N(c2cc(C)c(C)c(C)c2)c2ccc3cc4c(cc3c2)oc2cc3oc5cc6cc(N(c7cc(C)c(C)c(C)c7)c7cc(C)c(C)c(C)c7)ccc6cc5c3cc24)cc(C)c1C.Cc1cc(Nc2cc(C)c(C)c(C)c2)cc(C)c1C.Cc1ccc2cc3c(cc2c1)oc1cc2oc4cc5cc(OS(=O)(=O)C(F)(F)F)ccc5cc4c2cc13. The number of halogens is 3. The maximum atomic E-state index is 12.7. The zero-order valence-corrected chi connectivity index (χ0v) is 72.9. The Balaban J connectivity index is 0.000000151. The molecule has 0 amide bonds. The van der Waals surface area contributed by atoms with Gasteiger partial charge in [0.2, 0.25) is 0 Å². The second-order valence-electron chi connectivity index (χ2n) is 34.0. The molecule has 0 saturated carbocycles. The minimum atomic E-state index is -5.77. The number of benzene rings is 16. The van der Waals surface area contributed by atoms with Gasteiger partial charge in [0, 0.05) is 101 Å². The van der Waals surface area contributed by atoms with E-state index in [4.69, 9.17) is 17.7 Å². The van der Waals surface area contributed by atoms with Gasteiger partial charge in [-0.3, -0.25) is 0 Å². The molecule has 4 aromatic heterocycles. The maximum absolute atomic E-state index is 12.7. The Morgan fingerprint density at radius 1 is 0.254 bits per heavy atom. The van der Waals surface area contributed by atoms with Crippen molar-refractivity contribution in [2.75, 3.05) is 15.1 Å². The van der Waals surface area contributed by atoms with Crippen molar-refractivity contribution in [3.05, 3.63) is 324 Å². The van der Waals surface area contributed by atoms with E-state index >= 15 is 0 Å². The smallest absolute Gasteiger partial charge is 0.456 e. The van der Waals surface area contributed by atoms with Crippen molar-refractivity contribution in [2.24, 2.45) is 0 Å². The van der Waals surface area contributed by atoms with Crippen molar-refractivity contribution in [1.29, 1.82) is 0 Å². The van der Waals surface area contributed by atoms with Crippen LogP contribution in [0.4, 0.5) is 58.7 Å².